The molecule has 2 heterocycles. The van der Waals surface area contributed by atoms with E-state index in [1.54, 1.807) is 12.1 Å². The maximum Gasteiger partial charge on any atom is 0.292 e. The third-order valence-electron chi connectivity index (χ3n) is 6.24. The minimum Gasteiger partial charge on any atom is -0.360 e. The fraction of sp³-hybridized carbons (Fsp3) is 0.250. The Hall–Kier alpha value is -3.25. The van der Waals surface area contributed by atoms with Crippen molar-refractivity contribution in [3.05, 3.63) is 72.5 Å². The highest BCUT2D eigenvalue weighted by Gasteiger charge is 2.46. The van der Waals surface area contributed by atoms with Gasteiger partial charge >= 0.3 is 0 Å². The van der Waals surface area contributed by atoms with Gasteiger partial charge < -0.3 is 9.80 Å². The van der Waals surface area contributed by atoms with Crippen LogP contribution >= 0.6 is 0 Å². The Bertz CT molecular complexity index is 1100. The summed E-state index contributed by atoms with van der Waals surface area (Å²) in [6, 6.07) is 19.7. The highest BCUT2D eigenvalue weighted by molar-refractivity contribution is 6.24. The molecule has 1 atom stereocenters. The third kappa shape index (κ3) is 3.23. The second-order valence-corrected chi connectivity index (χ2v) is 7.94. The van der Waals surface area contributed by atoms with Crippen LogP contribution in [0.1, 0.15) is 6.42 Å². The van der Waals surface area contributed by atoms with Crippen molar-refractivity contribution in [3.8, 4) is 0 Å². The molecule has 5 rings (SSSR count). The summed E-state index contributed by atoms with van der Waals surface area (Å²) in [5.74, 6) is -0.483. The van der Waals surface area contributed by atoms with Crippen LogP contribution in [0.3, 0.4) is 0 Å². The quantitative estimate of drug-likeness (QED) is 0.680. The van der Waals surface area contributed by atoms with Crippen LogP contribution in [0.25, 0.3) is 10.8 Å². The van der Waals surface area contributed by atoms with Gasteiger partial charge in [-0.15, -0.1) is 0 Å². The number of amides is 2. The van der Waals surface area contributed by atoms with Gasteiger partial charge in [0.2, 0.25) is 5.91 Å². The molecule has 1 N–H and O–H groups in total. The first-order chi connectivity index (χ1) is 14.6. The van der Waals surface area contributed by atoms with Crippen molar-refractivity contribution in [2.45, 2.75) is 12.5 Å². The van der Waals surface area contributed by atoms with Gasteiger partial charge in [-0.05, 0) is 35.7 Å². The summed E-state index contributed by atoms with van der Waals surface area (Å²) in [4.78, 5) is 30.9. The highest BCUT2D eigenvalue weighted by Crippen LogP contribution is 2.30. The predicted octanol–water partition coefficient (Wildman–Crippen LogP) is 2.02. The number of benzene rings is 3. The zero-order chi connectivity index (χ0) is 20.7. The second-order valence-electron chi connectivity index (χ2n) is 7.94. The molecule has 0 radical (unpaired) electrons. The minimum absolute atomic E-state index is 0.110. The smallest absolute Gasteiger partial charge is 0.292 e. The lowest BCUT2D eigenvalue weighted by Gasteiger charge is -2.35. The minimum atomic E-state index is -0.341. The number of rotatable bonds is 3. The Morgan fingerprint density at radius 1 is 0.867 bits per heavy atom. The summed E-state index contributed by atoms with van der Waals surface area (Å²) >= 11 is 0. The Morgan fingerprint density at radius 2 is 1.57 bits per heavy atom. The number of imide groups is 1. The van der Waals surface area contributed by atoms with Gasteiger partial charge in [0.25, 0.3) is 5.91 Å². The van der Waals surface area contributed by atoms with E-state index in [9.17, 15) is 14.0 Å². The van der Waals surface area contributed by atoms with Gasteiger partial charge in [-0.3, -0.25) is 9.59 Å². The average molecular weight is 404 g/mol. The van der Waals surface area contributed by atoms with Crippen LogP contribution in [-0.4, -0.2) is 44.0 Å². The van der Waals surface area contributed by atoms with Crippen LogP contribution in [0.5, 0.6) is 0 Å². The fourth-order valence-electron chi connectivity index (χ4n) is 4.66. The second kappa shape index (κ2) is 7.54. The Kier molecular flexibility index (Phi) is 4.71. The molecule has 152 valence electrons. The maximum atomic E-state index is 13.3. The molecule has 0 aromatic heterocycles. The van der Waals surface area contributed by atoms with Gasteiger partial charge in [0, 0.05) is 11.1 Å². The van der Waals surface area contributed by atoms with Crippen LogP contribution in [-0.2, 0) is 9.59 Å². The van der Waals surface area contributed by atoms with E-state index in [0.717, 1.165) is 47.5 Å². The van der Waals surface area contributed by atoms with E-state index >= 15 is 0 Å². The van der Waals surface area contributed by atoms with Gasteiger partial charge in [0.05, 0.1) is 38.3 Å². The summed E-state index contributed by atoms with van der Waals surface area (Å²) in [6.45, 7) is 3.08. The molecule has 0 saturated carbocycles. The van der Waals surface area contributed by atoms with Crippen molar-refractivity contribution in [3.63, 3.8) is 0 Å². The lowest BCUT2D eigenvalue weighted by molar-refractivity contribution is -0.915. The summed E-state index contributed by atoms with van der Waals surface area (Å²) in [6.07, 6.45) is 0.244. The predicted molar refractivity (Wildman–Crippen MR) is 114 cm³/mol. The molecule has 2 amide bonds. The molecule has 1 unspecified atom stereocenters. The van der Waals surface area contributed by atoms with Crippen LogP contribution in [0.2, 0.25) is 0 Å². The standard InChI is InChI=1S/C24H22FN3O2/c25-18-8-10-19(11-9-18)26-12-14-27(15-13-26)22-16-23(29)28(24(22)30)21-7-3-5-17-4-1-2-6-20(17)21/h1-11,22H,12-16H2/p+1. The van der Waals surface area contributed by atoms with E-state index in [1.165, 1.54) is 17.0 Å². The molecule has 2 fully saturated rings. The third-order valence-corrected chi connectivity index (χ3v) is 6.24. The molecule has 0 aliphatic carbocycles. The van der Waals surface area contributed by atoms with Gasteiger partial charge in [0.1, 0.15) is 5.82 Å². The average Bonchev–Trinajstić information content (AvgIpc) is 3.08. The zero-order valence-corrected chi connectivity index (χ0v) is 16.6. The topological polar surface area (TPSA) is 45.1 Å². The number of piperazine rings is 1. The van der Waals surface area contributed by atoms with Crippen LogP contribution in [0.4, 0.5) is 15.8 Å². The number of carbonyl (C=O) groups is 2. The summed E-state index contributed by atoms with van der Waals surface area (Å²) in [5, 5.41) is 1.93. The van der Waals surface area contributed by atoms with Crippen molar-refractivity contribution >= 4 is 34.0 Å². The number of hydrogen-bond donors (Lipinski definition) is 1. The van der Waals surface area contributed by atoms with Crippen molar-refractivity contribution in [2.24, 2.45) is 0 Å². The molecule has 5 nitrogen and oxygen atoms in total. The molecule has 2 aliphatic rings. The summed E-state index contributed by atoms with van der Waals surface area (Å²) in [7, 11) is 0. The number of carbonyl (C=O) groups excluding carboxylic acids is 2. The van der Waals surface area contributed by atoms with E-state index in [1.807, 2.05) is 42.5 Å². The molecular formula is C24H23FN3O2+. The Morgan fingerprint density at radius 3 is 2.33 bits per heavy atom. The van der Waals surface area contributed by atoms with Crippen molar-refractivity contribution in [1.82, 2.24) is 0 Å². The number of hydrogen-bond acceptors (Lipinski definition) is 3. The van der Waals surface area contributed by atoms with E-state index in [4.69, 9.17) is 0 Å². The molecule has 3 aromatic rings. The van der Waals surface area contributed by atoms with Gasteiger partial charge in [-0.2, -0.15) is 0 Å². The van der Waals surface area contributed by atoms with Crippen LogP contribution < -0.4 is 14.7 Å². The monoisotopic (exact) mass is 404 g/mol. The number of anilines is 2. The fourth-order valence-corrected chi connectivity index (χ4v) is 4.66. The SMILES string of the molecule is O=C1CC([NH+]2CCN(c3ccc(F)cc3)CC2)C(=O)N1c1cccc2ccccc12. The van der Waals surface area contributed by atoms with Crippen LogP contribution in [0, 0.1) is 5.82 Å². The van der Waals surface area contributed by atoms with E-state index in [2.05, 4.69) is 4.90 Å². The van der Waals surface area contributed by atoms with Gasteiger partial charge in [-0.25, -0.2) is 9.29 Å². The van der Waals surface area contributed by atoms with Crippen molar-refractivity contribution in [1.29, 1.82) is 0 Å². The Labute approximate surface area is 174 Å². The van der Waals surface area contributed by atoms with Gasteiger partial charge in [-0.1, -0.05) is 36.4 Å². The first-order valence-corrected chi connectivity index (χ1v) is 10.3. The summed E-state index contributed by atoms with van der Waals surface area (Å²) < 4.78 is 13.2. The number of halogens is 1. The normalized spacial score (nSPS) is 20.4. The van der Waals surface area contributed by atoms with E-state index in [0.29, 0.717) is 5.69 Å². The lowest BCUT2D eigenvalue weighted by Crippen LogP contribution is -3.19. The first-order valence-electron chi connectivity index (χ1n) is 10.3. The molecule has 0 spiro atoms. The highest BCUT2D eigenvalue weighted by atomic mass is 19.1. The largest absolute Gasteiger partial charge is 0.360 e. The molecular weight excluding hydrogens is 381 g/mol. The summed E-state index contributed by atoms with van der Waals surface area (Å²) in [5.41, 5.74) is 1.66. The molecule has 3 aromatic carbocycles. The molecule has 6 heteroatoms. The molecule has 2 aliphatic heterocycles. The Balaban J connectivity index is 1.33. The van der Waals surface area contributed by atoms with Crippen molar-refractivity contribution in [2.75, 3.05) is 36.0 Å². The number of fused-ring (bicyclic) bond motifs is 1. The molecule has 2 saturated heterocycles. The first kappa shape index (κ1) is 18.8. The number of nitrogens with zero attached hydrogens (tertiary/aromatic N) is 2. The number of nitrogens with one attached hydrogen (secondary N) is 1. The van der Waals surface area contributed by atoms with Crippen LogP contribution in [0.15, 0.2) is 66.7 Å². The van der Waals surface area contributed by atoms with E-state index in [-0.39, 0.29) is 30.1 Å². The number of quaternary nitrogens is 1. The molecule has 0 bridgehead atoms. The lowest BCUT2D eigenvalue weighted by atomic mass is 10.1. The van der Waals surface area contributed by atoms with Crippen molar-refractivity contribution < 1.29 is 18.9 Å². The van der Waals surface area contributed by atoms with Gasteiger partial charge in [0.15, 0.2) is 6.04 Å². The maximum absolute atomic E-state index is 13.3. The van der Waals surface area contributed by atoms with E-state index < -0.39 is 0 Å². The zero-order valence-electron chi connectivity index (χ0n) is 16.6. The molecule has 30 heavy (non-hydrogen) atoms.